The van der Waals surface area contributed by atoms with Crippen molar-refractivity contribution in [2.45, 2.75) is 38.1 Å². The Hall–Kier alpha value is -2.87. The molecule has 8 heteroatoms. The third-order valence-corrected chi connectivity index (χ3v) is 6.47. The highest BCUT2D eigenvalue weighted by molar-refractivity contribution is 7.94. The summed E-state index contributed by atoms with van der Waals surface area (Å²) in [5.74, 6) is -0.346. The zero-order valence-corrected chi connectivity index (χ0v) is 16.9. The number of carbonyl (C=O) groups is 2. The standard InChI is InChI=1S/C20H23N3O4S/c1-4-15(3)21-19(24)13-22-17-11-7-8-12-18(17)28(26,27)23(20(22)25)16-10-6-5-9-14(16)2/h5-12,15H,4,13H2,1-3H3,(H,21,24)/t15-/m0/s1. The number of urea groups is 1. The summed E-state index contributed by atoms with van der Waals surface area (Å²) in [5, 5.41) is 2.81. The second-order valence-corrected chi connectivity index (χ2v) is 8.52. The highest BCUT2D eigenvalue weighted by atomic mass is 32.2. The van der Waals surface area contributed by atoms with Crippen LogP contribution in [0.4, 0.5) is 16.2 Å². The summed E-state index contributed by atoms with van der Waals surface area (Å²) < 4.78 is 27.2. The number of carbonyl (C=O) groups excluding carboxylic acids is 2. The molecule has 7 nitrogen and oxygen atoms in total. The number of benzene rings is 2. The molecule has 28 heavy (non-hydrogen) atoms. The van der Waals surface area contributed by atoms with Crippen molar-refractivity contribution in [2.24, 2.45) is 0 Å². The van der Waals surface area contributed by atoms with Crippen molar-refractivity contribution in [1.82, 2.24) is 5.32 Å². The fourth-order valence-corrected chi connectivity index (χ4v) is 4.71. The average molecular weight is 401 g/mol. The Morgan fingerprint density at radius 2 is 1.68 bits per heavy atom. The SMILES string of the molecule is CC[C@H](C)NC(=O)CN1C(=O)N(c2ccccc2C)S(=O)(=O)c2ccccc21. The molecule has 1 heterocycles. The van der Waals surface area contributed by atoms with Gasteiger partial charge in [-0.1, -0.05) is 37.3 Å². The minimum absolute atomic E-state index is 0.00538. The van der Waals surface area contributed by atoms with Gasteiger partial charge in [0.25, 0.3) is 10.0 Å². The summed E-state index contributed by atoms with van der Waals surface area (Å²) in [5.41, 5.74) is 1.12. The fourth-order valence-electron chi connectivity index (χ4n) is 3.05. The summed E-state index contributed by atoms with van der Waals surface area (Å²) in [6.07, 6.45) is 0.750. The van der Waals surface area contributed by atoms with Crippen LogP contribution in [-0.2, 0) is 14.8 Å². The molecule has 0 radical (unpaired) electrons. The molecule has 0 saturated carbocycles. The largest absolute Gasteiger partial charge is 0.352 e. The summed E-state index contributed by atoms with van der Waals surface area (Å²) >= 11 is 0. The van der Waals surface area contributed by atoms with Crippen LogP contribution in [0.15, 0.2) is 53.4 Å². The van der Waals surface area contributed by atoms with E-state index in [1.54, 1.807) is 43.3 Å². The van der Waals surface area contributed by atoms with Crippen molar-refractivity contribution in [3.8, 4) is 0 Å². The van der Waals surface area contributed by atoms with Crippen LogP contribution in [0.5, 0.6) is 0 Å². The molecule has 0 unspecified atom stereocenters. The van der Waals surface area contributed by atoms with Crippen molar-refractivity contribution in [1.29, 1.82) is 0 Å². The predicted octanol–water partition coefficient (Wildman–Crippen LogP) is 3.05. The van der Waals surface area contributed by atoms with Gasteiger partial charge < -0.3 is 5.32 Å². The molecular weight excluding hydrogens is 378 g/mol. The molecule has 3 amide bonds. The van der Waals surface area contributed by atoms with Gasteiger partial charge in [-0.15, -0.1) is 0 Å². The van der Waals surface area contributed by atoms with Crippen LogP contribution in [-0.4, -0.2) is 32.9 Å². The third kappa shape index (κ3) is 3.47. The molecule has 148 valence electrons. The van der Waals surface area contributed by atoms with Gasteiger partial charge in [-0.05, 0) is 44.0 Å². The second-order valence-electron chi connectivity index (χ2n) is 6.77. The number of aryl methyl sites for hydroxylation is 1. The summed E-state index contributed by atoms with van der Waals surface area (Å²) in [6.45, 7) is 5.28. The normalized spacial score (nSPS) is 16.5. The van der Waals surface area contributed by atoms with E-state index >= 15 is 0 Å². The Labute approximate surface area is 165 Å². The van der Waals surface area contributed by atoms with Crippen LogP contribution in [0.25, 0.3) is 0 Å². The predicted molar refractivity (Wildman–Crippen MR) is 108 cm³/mol. The highest BCUT2D eigenvalue weighted by Gasteiger charge is 2.43. The lowest BCUT2D eigenvalue weighted by Crippen LogP contribution is -2.54. The summed E-state index contributed by atoms with van der Waals surface area (Å²) in [6, 6.07) is 12.2. The van der Waals surface area contributed by atoms with Gasteiger partial charge in [0, 0.05) is 6.04 Å². The van der Waals surface area contributed by atoms with Crippen molar-refractivity contribution >= 4 is 33.3 Å². The van der Waals surface area contributed by atoms with E-state index in [0.717, 1.165) is 10.7 Å². The van der Waals surface area contributed by atoms with E-state index in [4.69, 9.17) is 0 Å². The van der Waals surface area contributed by atoms with Gasteiger partial charge in [-0.3, -0.25) is 9.69 Å². The van der Waals surface area contributed by atoms with E-state index < -0.39 is 16.1 Å². The number of amides is 3. The lowest BCUT2D eigenvalue weighted by molar-refractivity contribution is -0.120. The number of rotatable bonds is 5. The maximum atomic E-state index is 13.2. The van der Waals surface area contributed by atoms with Crippen molar-refractivity contribution < 1.29 is 18.0 Å². The molecule has 1 aliphatic heterocycles. The molecule has 1 N–H and O–H groups in total. The Balaban J connectivity index is 2.09. The fraction of sp³-hybridized carbons (Fsp3) is 0.300. The first-order valence-corrected chi connectivity index (χ1v) is 10.5. The number of hydrogen-bond acceptors (Lipinski definition) is 4. The highest BCUT2D eigenvalue weighted by Crippen LogP contribution is 2.37. The first kappa shape index (κ1) is 19.9. The minimum atomic E-state index is -4.09. The molecule has 0 saturated heterocycles. The Morgan fingerprint density at radius 3 is 2.32 bits per heavy atom. The smallest absolute Gasteiger partial charge is 0.343 e. The van der Waals surface area contributed by atoms with Gasteiger partial charge in [0.1, 0.15) is 11.4 Å². The number of nitrogens with one attached hydrogen (secondary N) is 1. The molecule has 2 aromatic carbocycles. The molecule has 1 aliphatic rings. The zero-order valence-electron chi connectivity index (χ0n) is 16.0. The van der Waals surface area contributed by atoms with E-state index in [-0.39, 0.29) is 34.8 Å². The lowest BCUT2D eigenvalue weighted by Gasteiger charge is -2.36. The van der Waals surface area contributed by atoms with Crippen LogP contribution in [0.2, 0.25) is 0 Å². The lowest BCUT2D eigenvalue weighted by atomic mass is 10.2. The topological polar surface area (TPSA) is 86.8 Å². The number of anilines is 2. The van der Waals surface area contributed by atoms with Gasteiger partial charge >= 0.3 is 6.03 Å². The third-order valence-electron chi connectivity index (χ3n) is 4.73. The molecular formula is C20H23N3O4S. The van der Waals surface area contributed by atoms with Crippen molar-refractivity contribution in [3.05, 3.63) is 54.1 Å². The van der Waals surface area contributed by atoms with Crippen LogP contribution in [0.1, 0.15) is 25.8 Å². The Bertz CT molecular complexity index is 1020. The molecule has 0 aromatic heterocycles. The van der Waals surface area contributed by atoms with Gasteiger partial charge in [0.15, 0.2) is 0 Å². The second kappa shape index (κ2) is 7.63. The van der Waals surface area contributed by atoms with Gasteiger partial charge in [0.05, 0.1) is 11.4 Å². The number of sulfonamides is 1. The zero-order chi connectivity index (χ0) is 20.5. The quantitative estimate of drug-likeness (QED) is 0.834. The van der Waals surface area contributed by atoms with Gasteiger partial charge in [0.2, 0.25) is 5.91 Å². The Morgan fingerprint density at radius 1 is 1.07 bits per heavy atom. The molecule has 1 atom stereocenters. The van der Waals surface area contributed by atoms with E-state index in [9.17, 15) is 18.0 Å². The van der Waals surface area contributed by atoms with Crippen molar-refractivity contribution in [3.63, 3.8) is 0 Å². The molecule has 0 fully saturated rings. The van der Waals surface area contributed by atoms with E-state index in [2.05, 4.69) is 5.32 Å². The maximum absolute atomic E-state index is 13.2. The van der Waals surface area contributed by atoms with Crippen LogP contribution in [0, 0.1) is 6.92 Å². The first-order chi connectivity index (χ1) is 13.3. The monoisotopic (exact) mass is 401 g/mol. The number of para-hydroxylation sites is 2. The number of hydrogen-bond donors (Lipinski definition) is 1. The van der Waals surface area contributed by atoms with Crippen LogP contribution in [0.3, 0.4) is 0 Å². The van der Waals surface area contributed by atoms with Crippen LogP contribution < -0.4 is 14.5 Å². The average Bonchev–Trinajstić information content (AvgIpc) is 2.66. The minimum Gasteiger partial charge on any atom is -0.352 e. The molecule has 0 bridgehead atoms. The van der Waals surface area contributed by atoms with E-state index in [1.807, 2.05) is 13.8 Å². The maximum Gasteiger partial charge on any atom is 0.343 e. The molecule has 0 aliphatic carbocycles. The number of fused-ring (bicyclic) bond motifs is 1. The number of nitrogens with zero attached hydrogens (tertiary/aromatic N) is 2. The van der Waals surface area contributed by atoms with E-state index in [1.165, 1.54) is 17.0 Å². The van der Waals surface area contributed by atoms with Gasteiger partial charge in [-0.2, -0.15) is 4.31 Å². The Kier molecular flexibility index (Phi) is 5.42. The summed E-state index contributed by atoms with van der Waals surface area (Å²) in [4.78, 5) is 26.9. The van der Waals surface area contributed by atoms with Crippen molar-refractivity contribution in [2.75, 3.05) is 15.7 Å². The molecule has 2 aromatic rings. The molecule has 3 rings (SSSR count). The van der Waals surface area contributed by atoms with Crippen LogP contribution >= 0.6 is 0 Å². The summed E-state index contributed by atoms with van der Waals surface area (Å²) in [7, 11) is -4.09. The molecule has 0 spiro atoms. The van der Waals surface area contributed by atoms with Gasteiger partial charge in [-0.25, -0.2) is 13.2 Å². The first-order valence-electron chi connectivity index (χ1n) is 9.08. The van der Waals surface area contributed by atoms with E-state index in [0.29, 0.717) is 5.56 Å².